The Labute approximate surface area is 153 Å². The Bertz CT molecular complexity index is 956. The van der Waals surface area contributed by atoms with Gasteiger partial charge < -0.3 is 9.47 Å². The number of ether oxygens (including phenoxy) is 2. The zero-order chi connectivity index (χ0) is 18.7. The third-order valence-corrected chi connectivity index (χ3v) is 6.04. The molecule has 5 nitrogen and oxygen atoms in total. The fraction of sp³-hybridized carbons (Fsp3) is 0.250. The molecule has 0 saturated carbocycles. The van der Waals surface area contributed by atoms with Crippen LogP contribution < -0.4 is 4.74 Å². The molecule has 0 amide bonds. The number of fused-ring (bicyclic) bond motifs is 1. The van der Waals surface area contributed by atoms with Gasteiger partial charge in [-0.25, -0.2) is 13.2 Å². The number of carbonyl (C=O) groups is 1. The summed E-state index contributed by atoms with van der Waals surface area (Å²) in [6.07, 6.45) is 1.76. The summed E-state index contributed by atoms with van der Waals surface area (Å²) in [5.41, 5.74) is 2.67. The highest BCUT2D eigenvalue weighted by Gasteiger charge is 2.25. The molecule has 2 aromatic carbocycles. The summed E-state index contributed by atoms with van der Waals surface area (Å²) in [5, 5.41) is 0. The second kappa shape index (κ2) is 7.33. The Hall–Kier alpha value is -2.60. The predicted octanol–water partition coefficient (Wildman–Crippen LogP) is 3.49. The summed E-state index contributed by atoms with van der Waals surface area (Å²) < 4.78 is 35.2. The number of methoxy groups -OCH3 is 1. The van der Waals surface area contributed by atoms with Crippen LogP contribution in [0.15, 0.2) is 52.9 Å². The van der Waals surface area contributed by atoms with Gasteiger partial charge in [-0.05, 0) is 60.4 Å². The van der Waals surface area contributed by atoms with Crippen molar-refractivity contribution < 1.29 is 22.7 Å². The molecule has 0 saturated heterocycles. The topological polar surface area (TPSA) is 69.7 Å². The zero-order valence-electron chi connectivity index (χ0n) is 14.7. The molecule has 0 N–H and O–H groups in total. The van der Waals surface area contributed by atoms with Crippen molar-refractivity contribution in [2.24, 2.45) is 0 Å². The first kappa shape index (κ1) is 18.2. The third kappa shape index (κ3) is 3.65. The van der Waals surface area contributed by atoms with Crippen LogP contribution in [-0.4, -0.2) is 33.9 Å². The normalized spacial score (nSPS) is 15.4. The predicted molar refractivity (Wildman–Crippen MR) is 99.7 cm³/mol. The number of rotatable bonds is 4. The highest BCUT2D eigenvalue weighted by molar-refractivity contribution is 7.91. The van der Waals surface area contributed by atoms with E-state index in [9.17, 15) is 13.2 Å². The minimum absolute atomic E-state index is 0.108. The second-order valence-electron chi connectivity index (χ2n) is 5.94. The highest BCUT2D eigenvalue weighted by atomic mass is 32.2. The highest BCUT2D eigenvalue weighted by Crippen LogP contribution is 2.31. The SMILES string of the molecule is CCOc1ccc(-c2ccc3c(c2)C=C(C(=O)OC)CCS3(=O)=O)cc1. The van der Waals surface area contributed by atoms with Crippen molar-refractivity contribution in [3.05, 3.63) is 53.6 Å². The molecule has 1 aliphatic heterocycles. The maximum absolute atomic E-state index is 12.5. The van der Waals surface area contributed by atoms with Crippen LogP contribution in [0, 0.1) is 0 Å². The molecule has 26 heavy (non-hydrogen) atoms. The average Bonchev–Trinajstić information content (AvgIpc) is 2.78. The fourth-order valence-electron chi connectivity index (χ4n) is 2.94. The van der Waals surface area contributed by atoms with Gasteiger partial charge in [0.05, 0.1) is 24.4 Å². The molecule has 0 radical (unpaired) electrons. The average molecular weight is 372 g/mol. The van der Waals surface area contributed by atoms with Gasteiger partial charge in [0.15, 0.2) is 9.84 Å². The standard InChI is InChI=1S/C20H20O5S/c1-3-25-18-7-4-14(5-8-18)15-6-9-19-17(12-15)13-16(20(21)24-2)10-11-26(19,22)23/h4-9,12-13H,3,10-11H2,1-2H3. The number of hydrogen-bond acceptors (Lipinski definition) is 5. The van der Waals surface area contributed by atoms with Crippen LogP contribution in [0.3, 0.4) is 0 Å². The molecule has 0 aliphatic carbocycles. The van der Waals surface area contributed by atoms with Gasteiger partial charge in [0, 0.05) is 5.57 Å². The van der Waals surface area contributed by atoms with E-state index in [1.165, 1.54) is 7.11 Å². The first-order valence-electron chi connectivity index (χ1n) is 8.33. The van der Waals surface area contributed by atoms with E-state index in [-0.39, 0.29) is 17.1 Å². The molecule has 136 valence electrons. The Morgan fingerprint density at radius 2 is 1.77 bits per heavy atom. The minimum atomic E-state index is -3.45. The van der Waals surface area contributed by atoms with E-state index in [1.807, 2.05) is 31.2 Å². The van der Waals surface area contributed by atoms with E-state index in [2.05, 4.69) is 0 Å². The van der Waals surface area contributed by atoms with Gasteiger partial charge in [0.1, 0.15) is 5.75 Å². The summed E-state index contributed by atoms with van der Waals surface area (Å²) in [5.74, 6) is 0.171. The molecular formula is C20H20O5S. The maximum atomic E-state index is 12.5. The van der Waals surface area contributed by atoms with Crippen molar-refractivity contribution in [3.8, 4) is 16.9 Å². The van der Waals surface area contributed by atoms with Gasteiger partial charge >= 0.3 is 5.97 Å². The van der Waals surface area contributed by atoms with E-state index in [0.29, 0.717) is 17.7 Å². The summed E-state index contributed by atoms with van der Waals surface area (Å²) >= 11 is 0. The smallest absolute Gasteiger partial charge is 0.333 e. The maximum Gasteiger partial charge on any atom is 0.333 e. The lowest BCUT2D eigenvalue weighted by Crippen LogP contribution is -2.09. The monoisotopic (exact) mass is 372 g/mol. The molecule has 0 aromatic heterocycles. The van der Waals surface area contributed by atoms with Crippen molar-refractivity contribution in [2.75, 3.05) is 19.5 Å². The van der Waals surface area contributed by atoms with Gasteiger partial charge in [-0.2, -0.15) is 0 Å². The van der Waals surface area contributed by atoms with E-state index in [4.69, 9.17) is 9.47 Å². The van der Waals surface area contributed by atoms with Crippen molar-refractivity contribution in [1.29, 1.82) is 0 Å². The van der Waals surface area contributed by atoms with Crippen molar-refractivity contribution in [3.63, 3.8) is 0 Å². The number of esters is 1. The van der Waals surface area contributed by atoms with Crippen molar-refractivity contribution in [2.45, 2.75) is 18.2 Å². The van der Waals surface area contributed by atoms with Crippen LogP contribution in [0.5, 0.6) is 5.75 Å². The van der Waals surface area contributed by atoms with E-state index in [1.54, 1.807) is 24.3 Å². The molecule has 0 atom stereocenters. The molecule has 0 spiro atoms. The number of carbonyl (C=O) groups excluding carboxylic acids is 1. The van der Waals surface area contributed by atoms with Crippen molar-refractivity contribution in [1.82, 2.24) is 0 Å². The van der Waals surface area contributed by atoms with Crippen LogP contribution in [0.2, 0.25) is 0 Å². The first-order valence-corrected chi connectivity index (χ1v) is 9.99. The summed E-state index contributed by atoms with van der Waals surface area (Å²) in [6, 6.07) is 12.8. The summed E-state index contributed by atoms with van der Waals surface area (Å²) in [4.78, 5) is 12.1. The molecular weight excluding hydrogens is 352 g/mol. The molecule has 3 rings (SSSR count). The van der Waals surface area contributed by atoms with E-state index < -0.39 is 15.8 Å². The third-order valence-electron chi connectivity index (χ3n) is 4.26. The zero-order valence-corrected chi connectivity index (χ0v) is 15.5. The Morgan fingerprint density at radius 1 is 1.08 bits per heavy atom. The van der Waals surface area contributed by atoms with Crippen LogP contribution in [0.25, 0.3) is 17.2 Å². The fourth-order valence-corrected chi connectivity index (χ4v) is 4.40. The molecule has 1 aliphatic rings. The number of hydrogen-bond donors (Lipinski definition) is 0. The molecule has 2 aromatic rings. The van der Waals surface area contributed by atoms with Gasteiger partial charge in [-0.1, -0.05) is 18.2 Å². The summed E-state index contributed by atoms with van der Waals surface area (Å²) in [7, 11) is -2.15. The lowest BCUT2D eigenvalue weighted by atomic mass is 10.0. The first-order chi connectivity index (χ1) is 12.4. The summed E-state index contributed by atoms with van der Waals surface area (Å²) in [6.45, 7) is 2.52. The number of sulfone groups is 1. The van der Waals surface area contributed by atoms with Gasteiger partial charge in [0.2, 0.25) is 0 Å². The number of benzene rings is 2. The van der Waals surface area contributed by atoms with Crippen LogP contribution in [-0.2, 0) is 19.4 Å². The van der Waals surface area contributed by atoms with Crippen LogP contribution in [0.1, 0.15) is 18.9 Å². The van der Waals surface area contributed by atoms with Crippen molar-refractivity contribution >= 4 is 21.9 Å². The Balaban J connectivity index is 2.06. The van der Waals surface area contributed by atoms with Crippen LogP contribution >= 0.6 is 0 Å². The lowest BCUT2D eigenvalue weighted by molar-refractivity contribution is -0.136. The second-order valence-corrected chi connectivity index (χ2v) is 8.02. The quantitative estimate of drug-likeness (QED) is 0.769. The lowest BCUT2D eigenvalue weighted by Gasteiger charge is -2.09. The molecule has 0 unspecified atom stereocenters. The Kier molecular flexibility index (Phi) is 5.13. The molecule has 0 bridgehead atoms. The Morgan fingerprint density at radius 3 is 2.42 bits per heavy atom. The minimum Gasteiger partial charge on any atom is -0.494 e. The van der Waals surface area contributed by atoms with Crippen LogP contribution in [0.4, 0.5) is 0 Å². The van der Waals surface area contributed by atoms with Gasteiger partial charge in [0.25, 0.3) is 0 Å². The van der Waals surface area contributed by atoms with Gasteiger partial charge in [-0.3, -0.25) is 0 Å². The van der Waals surface area contributed by atoms with E-state index >= 15 is 0 Å². The molecule has 6 heteroatoms. The van der Waals surface area contributed by atoms with E-state index in [0.717, 1.165) is 16.9 Å². The largest absolute Gasteiger partial charge is 0.494 e. The van der Waals surface area contributed by atoms with Gasteiger partial charge in [-0.15, -0.1) is 0 Å². The molecule has 0 fully saturated rings. The molecule has 1 heterocycles.